The molecule has 0 saturated carbocycles. The fourth-order valence-corrected chi connectivity index (χ4v) is 4.92. The molecule has 7 heteroatoms. The topological polar surface area (TPSA) is 74.1 Å². The second-order valence-corrected chi connectivity index (χ2v) is 9.13. The van der Waals surface area contributed by atoms with E-state index in [0.29, 0.717) is 35.7 Å². The molecule has 1 fully saturated rings. The van der Waals surface area contributed by atoms with Crippen molar-refractivity contribution >= 4 is 29.1 Å². The van der Waals surface area contributed by atoms with Gasteiger partial charge in [0.1, 0.15) is 11.9 Å². The number of ether oxygens (including phenoxy) is 1. The molecule has 2 atom stereocenters. The Morgan fingerprint density at radius 1 is 1.18 bits per heavy atom. The molecule has 6 nitrogen and oxygen atoms in total. The number of quaternary nitrogens is 1. The third-order valence-electron chi connectivity index (χ3n) is 6.56. The van der Waals surface area contributed by atoms with Crippen LogP contribution in [0, 0.1) is 0 Å². The van der Waals surface area contributed by atoms with Gasteiger partial charge in [-0.25, -0.2) is 0 Å². The number of amides is 1. The van der Waals surface area contributed by atoms with Crippen LogP contribution in [0.15, 0.2) is 48.0 Å². The first-order valence-corrected chi connectivity index (χ1v) is 11.9. The van der Waals surface area contributed by atoms with E-state index >= 15 is 0 Å². The van der Waals surface area contributed by atoms with E-state index in [1.165, 1.54) is 9.80 Å². The second kappa shape index (κ2) is 9.57. The number of fused-ring (bicyclic) bond motifs is 1. The average molecular weight is 469 g/mol. The SMILES string of the molecule is CC[NH+](CC)CCN1C(=O)C(=O)C(=C([O-])c2ccc3c(c2)CC(C)O3)C1c1cccc(Cl)c1. The molecule has 2 unspecified atom stereocenters. The van der Waals surface area contributed by atoms with Gasteiger partial charge in [-0.15, -0.1) is 0 Å². The lowest BCUT2D eigenvalue weighted by atomic mass is 9.94. The van der Waals surface area contributed by atoms with Crippen LogP contribution < -0.4 is 14.7 Å². The highest BCUT2D eigenvalue weighted by atomic mass is 35.5. The van der Waals surface area contributed by atoms with E-state index in [4.69, 9.17) is 16.3 Å². The number of hydrogen-bond acceptors (Lipinski definition) is 4. The molecule has 0 bridgehead atoms. The number of benzene rings is 2. The fraction of sp³-hybridized carbons (Fsp3) is 0.385. The normalized spacial score (nSPS) is 21.5. The zero-order valence-electron chi connectivity index (χ0n) is 19.2. The number of hydrogen-bond donors (Lipinski definition) is 1. The Hall–Kier alpha value is -2.83. The number of ketones is 1. The first kappa shape index (κ1) is 23.3. The van der Waals surface area contributed by atoms with Crippen molar-refractivity contribution in [3.05, 3.63) is 69.8 Å². The van der Waals surface area contributed by atoms with Gasteiger partial charge >= 0.3 is 0 Å². The van der Waals surface area contributed by atoms with E-state index in [1.807, 2.05) is 13.0 Å². The van der Waals surface area contributed by atoms with Crippen LogP contribution in [-0.4, -0.2) is 48.9 Å². The molecule has 2 aromatic rings. The van der Waals surface area contributed by atoms with Gasteiger partial charge in [-0.2, -0.15) is 0 Å². The van der Waals surface area contributed by atoms with Crippen LogP contribution in [0.3, 0.4) is 0 Å². The lowest BCUT2D eigenvalue weighted by molar-refractivity contribution is -0.895. The van der Waals surface area contributed by atoms with Gasteiger partial charge in [0.2, 0.25) is 5.78 Å². The van der Waals surface area contributed by atoms with Gasteiger partial charge in [0, 0.05) is 17.0 Å². The smallest absolute Gasteiger partial charge is 0.295 e. The molecule has 174 valence electrons. The van der Waals surface area contributed by atoms with Crippen LogP contribution in [0.4, 0.5) is 0 Å². The second-order valence-electron chi connectivity index (χ2n) is 8.69. The van der Waals surface area contributed by atoms with Gasteiger partial charge in [0.05, 0.1) is 32.2 Å². The Bertz CT molecular complexity index is 1110. The van der Waals surface area contributed by atoms with Crippen LogP contribution in [-0.2, 0) is 16.0 Å². The van der Waals surface area contributed by atoms with Crippen LogP contribution >= 0.6 is 11.6 Å². The molecule has 4 rings (SSSR count). The Balaban J connectivity index is 1.79. The quantitative estimate of drug-likeness (QED) is 0.382. The molecule has 0 spiro atoms. The maximum atomic E-state index is 13.6. The summed E-state index contributed by atoms with van der Waals surface area (Å²) in [5, 5.41) is 14.1. The minimum Gasteiger partial charge on any atom is -0.872 e. The van der Waals surface area contributed by atoms with Crippen molar-refractivity contribution < 1.29 is 24.3 Å². The van der Waals surface area contributed by atoms with Gasteiger partial charge in [0.25, 0.3) is 5.91 Å². The van der Waals surface area contributed by atoms with Crippen molar-refractivity contribution in [3.63, 3.8) is 0 Å². The Labute approximate surface area is 199 Å². The van der Waals surface area contributed by atoms with Crippen LogP contribution in [0.1, 0.15) is 43.5 Å². The molecule has 33 heavy (non-hydrogen) atoms. The summed E-state index contributed by atoms with van der Waals surface area (Å²) in [6, 6.07) is 11.5. The summed E-state index contributed by atoms with van der Waals surface area (Å²) < 4.78 is 5.74. The summed E-state index contributed by atoms with van der Waals surface area (Å²) in [5.41, 5.74) is 1.99. The zero-order chi connectivity index (χ0) is 23.7. The minimum absolute atomic E-state index is 0.0104. The zero-order valence-corrected chi connectivity index (χ0v) is 19.9. The molecule has 0 aromatic heterocycles. The summed E-state index contributed by atoms with van der Waals surface area (Å²) in [7, 11) is 0. The summed E-state index contributed by atoms with van der Waals surface area (Å²) in [6.45, 7) is 9.05. The highest BCUT2D eigenvalue weighted by molar-refractivity contribution is 6.46. The van der Waals surface area contributed by atoms with Crippen molar-refractivity contribution in [2.75, 3.05) is 26.2 Å². The average Bonchev–Trinajstić information content (AvgIpc) is 3.30. The van der Waals surface area contributed by atoms with Crippen molar-refractivity contribution in [2.24, 2.45) is 0 Å². The number of carbonyl (C=O) groups is 2. The highest BCUT2D eigenvalue weighted by Gasteiger charge is 2.44. The van der Waals surface area contributed by atoms with Crippen molar-refractivity contribution in [2.45, 2.75) is 39.3 Å². The third-order valence-corrected chi connectivity index (χ3v) is 6.79. The summed E-state index contributed by atoms with van der Waals surface area (Å²) in [5.74, 6) is -1.02. The number of halogens is 1. The molecule has 0 aliphatic carbocycles. The maximum Gasteiger partial charge on any atom is 0.295 e. The van der Waals surface area contributed by atoms with Gasteiger partial charge < -0.3 is 19.6 Å². The predicted octanol–water partition coefficient (Wildman–Crippen LogP) is 1.81. The summed E-state index contributed by atoms with van der Waals surface area (Å²) >= 11 is 6.24. The molecule has 1 saturated heterocycles. The van der Waals surface area contributed by atoms with Crippen molar-refractivity contribution in [1.29, 1.82) is 0 Å². The lowest BCUT2D eigenvalue weighted by Crippen LogP contribution is -3.12. The number of nitrogens with one attached hydrogen (secondary N) is 1. The van der Waals surface area contributed by atoms with Crippen molar-refractivity contribution in [1.82, 2.24) is 4.90 Å². The molecule has 2 aliphatic rings. The first-order chi connectivity index (χ1) is 15.8. The number of carbonyl (C=O) groups excluding carboxylic acids is 2. The molecule has 2 heterocycles. The fourth-order valence-electron chi connectivity index (χ4n) is 4.73. The summed E-state index contributed by atoms with van der Waals surface area (Å²) in [4.78, 5) is 29.1. The van der Waals surface area contributed by atoms with Gasteiger partial charge in [-0.3, -0.25) is 9.59 Å². The van der Waals surface area contributed by atoms with E-state index < -0.39 is 23.5 Å². The molecular formula is C26H29ClN2O4. The van der Waals surface area contributed by atoms with E-state index in [-0.39, 0.29) is 11.7 Å². The van der Waals surface area contributed by atoms with E-state index in [0.717, 1.165) is 24.4 Å². The Kier molecular flexibility index (Phi) is 6.77. The Morgan fingerprint density at radius 2 is 1.94 bits per heavy atom. The van der Waals surface area contributed by atoms with Gasteiger partial charge in [-0.1, -0.05) is 35.6 Å². The molecule has 0 radical (unpaired) electrons. The maximum absolute atomic E-state index is 13.6. The third kappa shape index (κ3) is 4.50. The van der Waals surface area contributed by atoms with Gasteiger partial charge in [0.15, 0.2) is 0 Å². The minimum atomic E-state index is -0.755. The number of rotatable bonds is 7. The van der Waals surface area contributed by atoms with Crippen LogP contribution in [0.2, 0.25) is 5.02 Å². The highest BCUT2D eigenvalue weighted by Crippen LogP contribution is 2.40. The molecule has 2 aliphatic heterocycles. The Morgan fingerprint density at radius 3 is 2.64 bits per heavy atom. The number of likely N-dealkylation sites (N-methyl/N-ethyl adjacent to an activating group) is 1. The number of Topliss-reactive ketones (excluding diaryl/α,β-unsaturated/α-hetero) is 1. The number of nitrogens with zero attached hydrogens (tertiary/aromatic N) is 1. The van der Waals surface area contributed by atoms with Crippen LogP contribution in [0.25, 0.3) is 5.76 Å². The molecule has 1 amide bonds. The predicted molar refractivity (Wildman–Crippen MR) is 125 cm³/mol. The monoisotopic (exact) mass is 468 g/mol. The van der Waals surface area contributed by atoms with Crippen molar-refractivity contribution in [3.8, 4) is 5.75 Å². The molecule has 1 N–H and O–H groups in total. The standard InChI is InChI=1S/C26H29ClN2O4/c1-4-28(5-2)11-12-29-23(17-7-6-8-20(27)15-17)22(25(31)26(29)32)24(30)18-9-10-21-19(14-18)13-16(3)33-21/h6-10,14-16,23,30H,4-5,11-13H2,1-3H3. The largest absolute Gasteiger partial charge is 0.872 e. The van der Waals surface area contributed by atoms with Gasteiger partial charge in [-0.05, 0) is 61.7 Å². The van der Waals surface area contributed by atoms with E-state index in [2.05, 4.69) is 13.8 Å². The summed E-state index contributed by atoms with van der Waals surface area (Å²) in [6.07, 6.45) is 0.750. The van der Waals surface area contributed by atoms with Crippen LogP contribution in [0.5, 0.6) is 5.75 Å². The first-order valence-electron chi connectivity index (χ1n) is 11.5. The molecular weight excluding hydrogens is 440 g/mol. The van der Waals surface area contributed by atoms with E-state index in [9.17, 15) is 14.7 Å². The lowest BCUT2D eigenvalue weighted by Gasteiger charge is -2.28. The van der Waals surface area contributed by atoms with E-state index in [1.54, 1.807) is 36.4 Å². The number of likely N-dealkylation sites (tertiary alicyclic amines) is 1. The molecule has 2 aromatic carbocycles.